The number of aromatic nitrogens is 3. The largest absolute Gasteiger partial charge is 0.508 e. The van der Waals surface area contributed by atoms with Crippen molar-refractivity contribution in [3.8, 4) is 5.75 Å². The molecule has 7 nitrogen and oxygen atoms in total. The van der Waals surface area contributed by atoms with Crippen LogP contribution in [0.3, 0.4) is 0 Å². The number of hydrogen-bond donors (Lipinski definition) is 3. The fourth-order valence-corrected chi connectivity index (χ4v) is 10.1. The number of phenolic OH excluding ortho intramolecular Hbond substituents is 1. The third-order valence-electron chi connectivity index (χ3n) is 12.3. The number of pyridine rings is 2. The van der Waals surface area contributed by atoms with E-state index in [-0.39, 0.29) is 5.91 Å². The average molecular weight is 806 g/mol. The van der Waals surface area contributed by atoms with E-state index in [1.165, 1.54) is 97.9 Å². The van der Waals surface area contributed by atoms with Crippen molar-refractivity contribution in [2.24, 2.45) is 0 Å². The molecule has 0 unspecified atom stereocenters. The number of phenols is 1. The number of unbranched alkanes of at least 4 members (excludes halogenated alkanes) is 9. The van der Waals surface area contributed by atoms with Gasteiger partial charge >= 0.3 is 0 Å². The van der Waals surface area contributed by atoms with Gasteiger partial charge in [0.2, 0.25) is 11.4 Å². The number of carbonyl (C=O) groups is 1. The van der Waals surface area contributed by atoms with Gasteiger partial charge in [0.1, 0.15) is 18.8 Å². The van der Waals surface area contributed by atoms with E-state index in [4.69, 9.17) is 0 Å². The second-order valence-electron chi connectivity index (χ2n) is 16.4. The monoisotopic (exact) mass is 805 g/mol. The molecule has 3 N–H and O–H groups in total. The molecule has 0 fully saturated rings. The van der Waals surface area contributed by atoms with E-state index in [0.717, 1.165) is 68.2 Å². The van der Waals surface area contributed by atoms with Crippen LogP contribution in [-0.4, -0.2) is 29.6 Å². The number of aromatic hydroxyl groups is 1. The van der Waals surface area contributed by atoms with Gasteiger partial charge in [0.05, 0.1) is 21.6 Å². The number of rotatable bonds is 18. The molecule has 4 aromatic carbocycles. The predicted molar refractivity (Wildman–Crippen MR) is 246 cm³/mol. The van der Waals surface area contributed by atoms with Crippen molar-refractivity contribution >= 4 is 72.9 Å². The number of thioether (sulfide) groups is 1. The maximum absolute atomic E-state index is 12.5. The lowest BCUT2D eigenvalue weighted by Crippen LogP contribution is -2.34. The van der Waals surface area contributed by atoms with Crippen LogP contribution in [0.5, 0.6) is 5.75 Å². The van der Waals surface area contributed by atoms with Crippen molar-refractivity contribution in [1.82, 2.24) is 10.3 Å². The molecule has 7 aromatic rings. The van der Waals surface area contributed by atoms with Gasteiger partial charge < -0.3 is 20.3 Å². The van der Waals surface area contributed by atoms with Crippen LogP contribution in [0, 0.1) is 13.8 Å². The summed E-state index contributed by atoms with van der Waals surface area (Å²) in [6, 6.07) is 27.5. The summed E-state index contributed by atoms with van der Waals surface area (Å²) in [4.78, 5) is 19.7. The van der Waals surface area contributed by atoms with E-state index in [0.29, 0.717) is 12.2 Å². The molecule has 1 amide bonds. The summed E-state index contributed by atoms with van der Waals surface area (Å²) >= 11 is 1.84. The standard InChI is InChI=1S/C51H57N5O2S/c1-36-43-35-55(31-27-40(43)37(2)51-50(36)42-34-39(57)24-25-44(42)53-51)29-17-10-16-28-52-48(58)23-11-8-6-4-5-7-9-18-30-56-32-26-38(41-19-12-13-20-45(41)56)33-49-54(3)46-21-14-15-22-47(46)59-49/h12-15,19-22,24-27,31-35H,4-11,16-18,23,28-30H2,1-3H3,(H-,52,57,58)/p+2. The van der Waals surface area contributed by atoms with Crippen molar-refractivity contribution < 1.29 is 19.0 Å². The Labute approximate surface area is 353 Å². The summed E-state index contributed by atoms with van der Waals surface area (Å²) in [7, 11) is 2.16. The molecule has 304 valence electrons. The normalized spacial score (nSPS) is 13.4. The number of H-pyrrole nitrogens is 1. The van der Waals surface area contributed by atoms with Crippen LogP contribution in [0.15, 0.2) is 107 Å². The van der Waals surface area contributed by atoms with Crippen molar-refractivity contribution in [2.75, 3.05) is 18.5 Å². The fraction of sp³-hybridized carbons (Fsp3) is 0.353. The number of fused-ring (bicyclic) bond motifs is 6. The molecule has 0 saturated heterocycles. The van der Waals surface area contributed by atoms with Crippen LogP contribution in [0.4, 0.5) is 5.69 Å². The molecule has 3 aromatic heterocycles. The molecule has 1 aliphatic heterocycles. The molecule has 8 heteroatoms. The van der Waals surface area contributed by atoms with Gasteiger partial charge in [0.15, 0.2) is 18.6 Å². The zero-order chi connectivity index (χ0) is 40.7. The molecular formula is C51H59N5O2S+2. The van der Waals surface area contributed by atoms with Crippen LogP contribution in [0.25, 0.3) is 49.6 Å². The number of carbonyl (C=O) groups excluding carboxylic acids is 1. The second kappa shape index (κ2) is 18.7. The van der Waals surface area contributed by atoms with Crippen molar-refractivity contribution in [3.05, 3.63) is 119 Å². The molecule has 1 aliphatic rings. The summed E-state index contributed by atoms with van der Waals surface area (Å²) in [5.41, 5.74) is 8.51. The van der Waals surface area contributed by atoms with Crippen LogP contribution < -0.4 is 19.4 Å². The van der Waals surface area contributed by atoms with E-state index >= 15 is 0 Å². The van der Waals surface area contributed by atoms with Gasteiger partial charge in [-0.25, -0.2) is 4.57 Å². The molecule has 0 aliphatic carbocycles. The minimum Gasteiger partial charge on any atom is -0.508 e. The highest BCUT2D eigenvalue weighted by atomic mass is 32.2. The van der Waals surface area contributed by atoms with Crippen molar-refractivity contribution in [3.63, 3.8) is 0 Å². The molecule has 0 saturated carbocycles. The second-order valence-corrected chi connectivity index (χ2v) is 17.5. The summed E-state index contributed by atoms with van der Waals surface area (Å²) in [6.07, 6.45) is 22.4. The summed E-state index contributed by atoms with van der Waals surface area (Å²) in [5.74, 6) is 0.486. The Bertz CT molecular complexity index is 2650. The Balaban J connectivity index is 0.681. The van der Waals surface area contributed by atoms with Crippen molar-refractivity contribution in [1.29, 1.82) is 0 Å². The zero-order valence-corrected chi connectivity index (χ0v) is 35.8. The van der Waals surface area contributed by atoms with Gasteiger partial charge in [-0.2, -0.15) is 4.57 Å². The maximum Gasteiger partial charge on any atom is 0.219 e. The Morgan fingerprint density at radius 3 is 2.36 bits per heavy atom. The number of nitrogens with zero attached hydrogens (tertiary/aromatic N) is 3. The number of anilines is 1. The number of amides is 1. The smallest absolute Gasteiger partial charge is 0.219 e. The number of aromatic amines is 1. The number of aryl methyl sites for hydroxylation is 4. The first kappa shape index (κ1) is 40.4. The molecule has 59 heavy (non-hydrogen) atoms. The Hall–Kier alpha value is -5.34. The SMILES string of the molecule is Cc1c2cc[n+](CCCCCNC(=O)CCCCCCCCCC[n+]3ccc(/C=C4\Sc5ccccc5N4C)c4ccccc43)cc2c(C)c2c1[nH]c1ccc(O)cc12. The minimum absolute atomic E-state index is 0.196. The van der Waals surface area contributed by atoms with Crippen LogP contribution in [-0.2, 0) is 17.9 Å². The van der Waals surface area contributed by atoms with Crippen molar-refractivity contribution in [2.45, 2.75) is 109 Å². The highest BCUT2D eigenvalue weighted by molar-refractivity contribution is 8.03. The van der Waals surface area contributed by atoms with Gasteiger partial charge in [-0.3, -0.25) is 4.79 Å². The lowest BCUT2D eigenvalue weighted by atomic mass is 9.97. The van der Waals surface area contributed by atoms with Gasteiger partial charge in [0, 0.05) is 77.6 Å². The van der Waals surface area contributed by atoms with E-state index < -0.39 is 0 Å². The number of benzene rings is 4. The molecule has 4 heterocycles. The summed E-state index contributed by atoms with van der Waals surface area (Å²) in [5, 5.41) is 20.6. The van der Waals surface area contributed by atoms with Crippen LogP contribution >= 0.6 is 11.8 Å². The number of nitrogens with one attached hydrogen (secondary N) is 2. The average Bonchev–Trinajstić information content (AvgIpc) is 3.79. The lowest BCUT2D eigenvalue weighted by molar-refractivity contribution is -0.696. The lowest BCUT2D eigenvalue weighted by Gasteiger charge is -2.13. The van der Waals surface area contributed by atoms with E-state index in [2.05, 4.69) is 131 Å². The quantitative estimate of drug-likeness (QED) is 0.0596. The highest BCUT2D eigenvalue weighted by Crippen LogP contribution is 2.45. The first-order valence-corrected chi connectivity index (χ1v) is 22.6. The van der Waals surface area contributed by atoms with E-state index in [1.807, 2.05) is 23.9 Å². The molecular weight excluding hydrogens is 747 g/mol. The fourth-order valence-electron chi connectivity index (χ4n) is 8.97. The Morgan fingerprint density at radius 2 is 1.51 bits per heavy atom. The maximum atomic E-state index is 12.5. The highest BCUT2D eigenvalue weighted by Gasteiger charge is 2.22. The minimum atomic E-state index is 0.196. The zero-order valence-electron chi connectivity index (χ0n) is 35.0. The molecule has 0 radical (unpaired) electrons. The van der Waals surface area contributed by atoms with Gasteiger partial charge in [0.25, 0.3) is 0 Å². The van der Waals surface area contributed by atoms with Gasteiger partial charge in [-0.1, -0.05) is 68.1 Å². The van der Waals surface area contributed by atoms with E-state index in [1.54, 1.807) is 6.07 Å². The molecule has 0 spiro atoms. The Kier molecular flexibility index (Phi) is 12.8. The Morgan fingerprint density at radius 1 is 0.763 bits per heavy atom. The number of para-hydroxylation sites is 2. The topological polar surface area (TPSA) is 76.1 Å². The third-order valence-corrected chi connectivity index (χ3v) is 13.5. The molecule has 8 rings (SSSR count). The molecule has 0 atom stereocenters. The third kappa shape index (κ3) is 9.13. The first-order chi connectivity index (χ1) is 28.9. The predicted octanol–water partition coefficient (Wildman–Crippen LogP) is 11.6. The van der Waals surface area contributed by atoms with Crippen LogP contribution in [0.1, 0.15) is 93.7 Å². The number of hydrogen-bond acceptors (Lipinski definition) is 4. The van der Waals surface area contributed by atoms with Gasteiger partial charge in [-0.15, -0.1) is 0 Å². The van der Waals surface area contributed by atoms with Crippen LogP contribution in [0.2, 0.25) is 0 Å². The van der Waals surface area contributed by atoms with Gasteiger partial charge in [-0.05, 0) is 104 Å². The molecule has 0 bridgehead atoms. The van der Waals surface area contributed by atoms with E-state index in [9.17, 15) is 9.90 Å². The summed E-state index contributed by atoms with van der Waals surface area (Å²) in [6.45, 7) is 7.11. The first-order valence-electron chi connectivity index (χ1n) is 21.8. The summed E-state index contributed by atoms with van der Waals surface area (Å²) < 4.78 is 4.71.